The molecule has 1 N–H and O–H groups in total. The second-order valence-electron chi connectivity index (χ2n) is 4.51. The van der Waals surface area contributed by atoms with Crippen molar-refractivity contribution < 1.29 is 14.2 Å². The highest BCUT2D eigenvalue weighted by Gasteiger charge is 2.27. The van der Waals surface area contributed by atoms with Crippen LogP contribution in [-0.4, -0.2) is 17.8 Å². The van der Waals surface area contributed by atoms with E-state index in [2.05, 4.69) is 0 Å². The van der Waals surface area contributed by atoms with Crippen LogP contribution in [0.4, 0.5) is 4.39 Å². The number of methoxy groups -OCH3 is 1. The molecule has 0 fully saturated rings. The van der Waals surface area contributed by atoms with E-state index in [4.69, 9.17) is 4.74 Å². The molecule has 1 aliphatic carbocycles. The molecular formula is C14H17FO2. The zero-order valence-electron chi connectivity index (χ0n) is 9.95. The molecule has 0 aliphatic heterocycles. The van der Waals surface area contributed by atoms with Crippen molar-refractivity contribution in [3.05, 3.63) is 41.7 Å². The van der Waals surface area contributed by atoms with Crippen LogP contribution in [0.3, 0.4) is 0 Å². The van der Waals surface area contributed by atoms with Gasteiger partial charge in [-0.15, -0.1) is 0 Å². The largest absolute Gasteiger partial charge is 0.494 e. The van der Waals surface area contributed by atoms with Gasteiger partial charge in [-0.25, -0.2) is 4.39 Å². The van der Waals surface area contributed by atoms with Crippen LogP contribution in [0.2, 0.25) is 0 Å². The van der Waals surface area contributed by atoms with E-state index in [1.165, 1.54) is 7.11 Å². The van der Waals surface area contributed by atoms with Gasteiger partial charge in [0.15, 0.2) is 11.6 Å². The summed E-state index contributed by atoms with van der Waals surface area (Å²) in [7, 11) is 1.44. The number of benzene rings is 1. The molecule has 0 spiro atoms. The lowest BCUT2D eigenvalue weighted by Crippen LogP contribution is -2.30. The molecule has 3 heteroatoms. The molecule has 2 rings (SSSR count). The maximum atomic E-state index is 13.9. The number of hydrogen-bond acceptors (Lipinski definition) is 2. The van der Waals surface area contributed by atoms with E-state index in [9.17, 15) is 9.50 Å². The van der Waals surface area contributed by atoms with Crippen LogP contribution in [0.15, 0.2) is 30.4 Å². The number of halogens is 1. The summed E-state index contributed by atoms with van der Waals surface area (Å²) in [4.78, 5) is 0. The predicted octanol–water partition coefficient (Wildman–Crippen LogP) is 2.85. The monoisotopic (exact) mass is 236 g/mol. The molecule has 0 radical (unpaired) electrons. The average Bonchev–Trinajstić information content (AvgIpc) is 2.32. The van der Waals surface area contributed by atoms with Crippen LogP contribution in [0.25, 0.3) is 0 Å². The Bertz CT molecular complexity index is 428. The fraction of sp³-hybridized carbons (Fsp3) is 0.429. The minimum absolute atomic E-state index is 0.228. The van der Waals surface area contributed by atoms with Gasteiger partial charge in [0.05, 0.1) is 12.7 Å². The molecule has 0 heterocycles. The topological polar surface area (TPSA) is 29.5 Å². The summed E-state index contributed by atoms with van der Waals surface area (Å²) in [5.74, 6) is -0.145. The minimum Gasteiger partial charge on any atom is -0.494 e. The van der Waals surface area contributed by atoms with Gasteiger partial charge < -0.3 is 9.84 Å². The Morgan fingerprint density at radius 1 is 1.47 bits per heavy atom. The molecular weight excluding hydrogens is 219 g/mol. The van der Waals surface area contributed by atoms with Gasteiger partial charge >= 0.3 is 0 Å². The molecule has 0 amide bonds. The fourth-order valence-electron chi connectivity index (χ4n) is 2.24. The highest BCUT2D eigenvalue weighted by Crippen LogP contribution is 2.29. The first kappa shape index (κ1) is 12.1. The predicted molar refractivity (Wildman–Crippen MR) is 64.6 cm³/mol. The molecule has 1 aromatic carbocycles. The minimum atomic E-state index is -0.911. The summed E-state index contributed by atoms with van der Waals surface area (Å²) in [5, 5.41) is 10.3. The van der Waals surface area contributed by atoms with Gasteiger partial charge in [-0.2, -0.15) is 0 Å². The summed E-state index contributed by atoms with van der Waals surface area (Å²) in [5.41, 5.74) is -0.413. The first-order valence-corrected chi connectivity index (χ1v) is 5.86. The molecule has 1 aliphatic rings. The van der Waals surface area contributed by atoms with Gasteiger partial charge in [0.2, 0.25) is 0 Å². The Morgan fingerprint density at radius 2 is 2.29 bits per heavy atom. The van der Waals surface area contributed by atoms with Crippen molar-refractivity contribution in [3.8, 4) is 5.75 Å². The summed E-state index contributed by atoms with van der Waals surface area (Å²) in [6, 6.07) is 5.02. The smallest absolute Gasteiger partial charge is 0.168 e. The van der Waals surface area contributed by atoms with E-state index in [0.29, 0.717) is 18.4 Å². The third-order valence-corrected chi connectivity index (χ3v) is 3.17. The van der Waals surface area contributed by atoms with Gasteiger partial charge in [-0.3, -0.25) is 0 Å². The number of ether oxygens (including phenoxy) is 1. The highest BCUT2D eigenvalue weighted by molar-refractivity contribution is 5.32. The summed E-state index contributed by atoms with van der Waals surface area (Å²) in [6.45, 7) is 0. The molecule has 17 heavy (non-hydrogen) atoms. The van der Waals surface area contributed by atoms with E-state index < -0.39 is 5.60 Å². The lowest BCUT2D eigenvalue weighted by atomic mass is 9.85. The highest BCUT2D eigenvalue weighted by atomic mass is 19.1. The van der Waals surface area contributed by atoms with Gasteiger partial charge in [0.25, 0.3) is 0 Å². The molecule has 0 saturated carbocycles. The maximum absolute atomic E-state index is 13.9. The Hall–Kier alpha value is -1.35. The van der Waals surface area contributed by atoms with E-state index in [-0.39, 0.29) is 11.6 Å². The normalized spacial score (nSPS) is 23.7. The number of aliphatic hydroxyl groups is 1. The Balaban J connectivity index is 2.23. The van der Waals surface area contributed by atoms with Gasteiger partial charge in [0.1, 0.15) is 0 Å². The van der Waals surface area contributed by atoms with Crippen LogP contribution in [-0.2, 0) is 6.42 Å². The molecule has 1 atom stereocenters. The first-order valence-electron chi connectivity index (χ1n) is 5.86. The molecule has 2 nitrogen and oxygen atoms in total. The SMILES string of the molecule is COc1cccc(CC2(O)C=CCCC2)c1F. The lowest BCUT2D eigenvalue weighted by Gasteiger charge is -2.27. The zero-order valence-corrected chi connectivity index (χ0v) is 9.95. The van der Waals surface area contributed by atoms with Crippen molar-refractivity contribution in [1.82, 2.24) is 0 Å². The third-order valence-electron chi connectivity index (χ3n) is 3.17. The Morgan fingerprint density at radius 3 is 2.94 bits per heavy atom. The quantitative estimate of drug-likeness (QED) is 0.818. The summed E-state index contributed by atoms with van der Waals surface area (Å²) >= 11 is 0. The number of rotatable bonds is 3. The van der Waals surface area contributed by atoms with Gasteiger partial charge in [-0.05, 0) is 30.9 Å². The first-order chi connectivity index (χ1) is 8.14. The second kappa shape index (κ2) is 4.88. The fourth-order valence-corrected chi connectivity index (χ4v) is 2.24. The zero-order chi connectivity index (χ0) is 12.3. The third kappa shape index (κ3) is 2.67. The van der Waals surface area contributed by atoms with E-state index in [1.54, 1.807) is 24.3 Å². The van der Waals surface area contributed by atoms with E-state index >= 15 is 0 Å². The molecule has 0 saturated heterocycles. The van der Waals surface area contributed by atoms with Crippen LogP contribution in [0, 0.1) is 5.82 Å². The lowest BCUT2D eigenvalue weighted by molar-refractivity contribution is 0.0741. The number of hydrogen-bond donors (Lipinski definition) is 1. The standard InChI is InChI=1S/C14H17FO2/c1-17-12-7-5-6-11(13(12)15)10-14(16)8-3-2-4-9-14/h3,5-8,16H,2,4,9-10H2,1H3. The number of allylic oxidation sites excluding steroid dienone is 1. The molecule has 0 aromatic heterocycles. The van der Waals surface area contributed by atoms with Crippen molar-refractivity contribution in [1.29, 1.82) is 0 Å². The Kier molecular flexibility index (Phi) is 3.48. The summed E-state index contributed by atoms with van der Waals surface area (Å²) < 4.78 is 18.9. The van der Waals surface area contributed by atoms with E-state index in [0.717, 1.165) is 12.8 Å². The van der Waals surface area contributed by atoms with Crippen LogP contribution >= 0.6 is 0 Å². The van der Waals surface area contributed by atoms with Crippen molar-refractivity contribution >= 4 is 0 Å². The van der Waals surface area contributed by atoms with Crippen LogP contribution in [0.5, 0.6) is 5.75 Å². The average molecular weight is 236 g/mol. The molecule has 92 valence electrons. The van der Waals surface area contributed by atoms with Crippen molar-refractivity contribution in [2.75, 3.05) is 7.11 Å². The van der Waals surface area contributed by atoms with Crippen LogP contribution in [0.1, 0.15) is 24.8 Å². The van der Waals surface area contributed by atoms with Crippen LogP contribution < -0.4 is 4.74 Å². The van der Waals surface area contributed by atoms with E-state index in [1.807, 2.05) is 6.08 Å². The molecule has 0 bridgehead atoms. The maximum Gasteiger partial charge on any atom is 0.168 e. The second-order valence-corrected chi connectivity index (χ2v) is 4.51. The van der Waals surface area contributed by atoms with Crippen molar-refractivity contribution in [2.24, 2.45) is 0 Å². The van der Waals surface area contributed by atoms with Gasteiger partial charge in [-0.1, -0.05) is 24.3 Å². The molecule has 1 unspecified atom stereocenters. The molecule has 1 aromatic rings. The van der Waals surface area contributed by atoms with Crippen molar-refractivity contribution in [3.63, 3.8) is 0 Å². The Labute approximate surface area is 101 Å². The summed E-state index contributed by atoms with van der Waals surface area (Å²) in [6.07, 6.45) is 6.66. The van der Waals surface area contributed by atoms with Crippen molar-refractivity contribution in [2.45, 2.75) is 31.3 Å². The van der Waals surface area contributed by atoms with Gasteiger partial charge in [0, 0.05) is 6.42 Å².